The second-order valence-electron chi connectivity index (χ2n) is 16.0. The Balaban J connectivity index is 1.47. The molecule has 1 spiro atoms. The fourth-order valence-corrected chi connectivity index (χ4v) is 12.2. The number of carbonyl (C=O) groups excluding carboxylic acids is 5. The van der Waals surface area contributed by atoms with Gasteiger partial charge >= 0.3 is 29.8 Å². The molecule has 0 radical (unpaired) electrons. The van der Waals surface area contributed by atoms with Crippen LogP contribution >= 0.6 is 0 Å². The van der Waals surface area contributed by atoms with Gasteiger partial charge in [-0.2, -0.15) is 0 Å². The highest BCUT2D eigenvalue weighted by Gasteiger charge is 2.97. The zero-order valence-electron chi connectivity index (χ0n) is 29.6. The summed E-state index contributed by atoms with van der Waals surface area (Å²) in [4.78, 5) is 66.1. The Bertz CT molecular complexity index is 1790. The van der Waals surface area contributed by atoms with Crippen molar-refractivity contribution in [3.05, 3.63) is 35.8 Å². The average molecular weight is 715 g/mol. The summed E-state index contributed by atoms with van der Waals surface area (Å²) in [5.74, 6) is -7.40. The first-order valence-corrected chi connectivity index (χ1v) is 17.1. The molecule has 0 amide bonds. The second kappa shape index (κ2) is 10.2. The van der Waals surface area contributed by atoms with Crippen LogP contribution in [0.15, 0.2) is 34.7 Å². The van der Waals surface area contributed by atoms with Crippen molar-refractivity contribution in [1.29, 1.82) is 0 Å². The number of rotatable bonds is 6. The topological polar surface area (TPSA) is 193 Å². The minimum Gasteiger partial charge on any atom is -0.472 e. The van der Waals surface area contributed by atoms with E-state index < -0.39 is 111 Å². The van der Waals surface area contributed by atoms with Crippen molar-refractivity contribution in [3.8, 4) is 0 Å². The zero-order valence-corrected chi connectivity index (χ0v) is 29.6. The third-order valence-electron chi connectivity index (χ3n) is 13.6. The SMILES string of the molecule is COC(=O)[C@H](OC(C)=O)[C@H]1[C@]2(C)C[C@]3(O)[C@@H](C[C@H]2OC(C)=O)[C@H]2OC4(C)O[C@@]5(C[C@H](OC(C)=O)[C@]6(C)C(=CC(=O)O[C@H]6c6ccoc6)[C@@]25O4)[C@]13C. The molecule has 4 heterocycles. The van der Waals surface area contributed by atoms with Gasteiger partial charge in [0.15, 0.2) is 5.60 Å². The summed E-state index contributed by atoms with van der Waals surface area (Å²) >= 11 is 0. The van der Waals surface area contributed by atoms with Crippen molar-refractivity contribution < 1.29 is 71.4 Å². The maximum atomic E-state index is 13.9. The molecule has 8 rings (SSSR count). The zero-order chi connectivity index (χ0) is 36.9. The molecule has 1 aromatic heterocycles. The van der Waals surface area contributed by atoms with E-state index in [-0.39, 0.29) is 19.3 Å². The highest BCUT2D eigenvalue weighted by Crippen LogP contribution is 2.85. The van der Waals surface area contributed by atoms with Gasteiger partial charge in [0, 0.05) is 68.4 Å². The normalized spacial score (nSPS) is 48.7. The maximum absolute atomic E-state index is 13.9. The lowest BCUT2D eigenvalue weighted by Gasteiger charge is -2.72. The van der Waals surface area contributed by atoms with Gasteiger partial charge in [0.2, 0.25) is 6.10 Å². The molecule has 1 aromatic rings. The number of esters is 5. The fourth-order valence-electron chi connectivity index (χ4n) is 12.2. The number of hydrogen-bond acceptors (Lipinski definition) is 15. The molecule has 3 aliphatic heterocycles. The minimum atomic E-state index is -1.76. The quantitative estimate of drug-likeness (QED) is 0.334. The third kappa shape index (κ3) is 3.80. The van der Waals surface area contributed by atoms with E-state index in [1.807, 2.05) is 6.92 Å². The lowest BCUT2D eigenvalue weighted by molar-refractivity contribution is -0.406. The van der Waals surface area contributed by atoms with Gasteiger partial charge in [-0.3, -0.25) is 14.4 Å². The molecule has 0 aromatic carbocycles. The van der Waals surface area contributed by atoms with Crippen LogP contribution in [0.1, 0.15) is 79.4 Å². The van der Waals surface area contributed by atoms with Gasteiger partial charge in [-0.25, -0.2) is 9.59 Å². The largest absolute Gasteiger partial charge is 0.472 e. The first kappa shape index (κ1) is 34.3. The van der Waals surface area contributed by atoms with Crippen LogP contribution in [0.3, 0.4) is 0 Å². The Morgan fingerprint density at radius 1 is 0.980 bits per heavy atom. The number of aliphatic hydroxyl groups is 1. The third-order valence-corrected chi connectivity index (χ3v) is 13.6. The van der Waals surface area contributed by atoms with Crippen LogP contribution in [0.2, 0.25) is 0 Å². The number of cyclic esters (lactones) is 1. The van der Waals surface area contributed by atoms with Crippen molar-refractivity contribution in [1.82, 2.24) is 0 Å². The van der Waals surface area contributed by atoms with Crippen LogP contribution in [-0.4, -0.2) is 89.3 Å². The Hall–Kier alpha value is -3.79. The molecule has 4 aliphatic carbocycles. The Morgan fingerprint density at radius 2 is 1.67 bits per heavy atom. The van der Waals surface area contributed by atoms with Crippen LogP contribution in [0.4, 0.5) is 0 Å². The van der Waals surface area contributed by atoms with Gasteiger partial charge in [0.1, 0.15) is 30.0 Å². The van der Waals surface area contributed by atoms with Crippen molar-refractivity contribution in [2.75, 3.05) is 7.11 Å². The fraction of sp³-hybridized carbons (Fsp3) is 0.694. The van der Waals surface area contributed by atoms with Crippen molar-refractivity contribution in [2.24, 2.45) is 28.1 Å². The van der Waals surface area contributed by atoms with Gasteiger partial charge in [0.25, 0.3) is 5.97 Å². The van der Waals surface area contributed by atoms with Crippen molar-refractivity contribution in [2.45, 2.75) is 121 Å². The van der Waals surface area contributed by atoms with Crippen LogP contribution in [0.25, 0.3) is 0 Å². The van der Waals surface area contributed by atoms with E-state index in [4.69, 9.17) is 42.3 Å². The smallest absolute Gasteiger partial charge is 0.347 e. The van der Waals surface area contributed by atoms with Gasteiger partial charge in [-0.1, -0.05) is 13.8 Å². The van der Waals surface area contributed by atoms with Gasteiger partial charge in [-0.05, 0) is 31.4 Å². The van der Waals surface area contributed by atoms with E-state index in [1.165, 1.54) is 32.4 Å². The first-order chi connectivity index (χ1) is 23.8. The van der Waals surface area contributed by atoms with Crippen molar-refractivity contribution >= 4 is 29.8 Å². The molecule has 14 atom stereocenters. The molecule has 15 heteroatoms. The van der Waals surface area contributed by atoms with Crippen LogP contribution in [0.5, 0.6) is 0 Å². The molecule has 2 saturated heterocycles. The van der Waals surface area contributed by atoms with Gasteiger partial charge < -0.3 is 47.4 Å². The van der Waals surface area contributed by atoms with Gasteiger partial charge in [0.05, 0.1) is 30.7 Å². The summed E-state index contributed by atoms with van der Waals surface area (Å²) in [5, 5.41) is 13.4. The molecule has 276 valence electrons. The average Bonchev–Trinajstić information content (AvgIpc) is 3.76. The van der Waals surface area contributed by atoms with Gasteiger partial charge in [-0.15, -0.1) is 0 Å². The Kier molecular flexibility index (Phi) is 6.86. The van der Waals surface area contributed by atoms with Crippen LogP contribution in [-0.2, 0) is 61.9 Å². The number of methoxy groups -OCH3 is 1. The standard InChI is InChI=1S/C36H42O15/c1-16(37)45-22-11-20-28-36-21-12-24(40)48-27(19-9-10-44-14-19)31(21,5)23(46-17(2)38)13-35(36,50-33(7,49-28)51-36)32(6)26(30(22,4)15-34(20,32)42)25(29(41)43-8)47-18(3)39/h9-10,12,14,20,22-23,25-28,42H,11,13,15H2,1-8H3/t20-,22+,23-,25+,26-,27-,28+,30+,31-,32+,33?,34-,35-,36+/m0/s1. The Morgan fingerprint density at radius 3 is 2.27 bits per heavy atom. The summed E-state index contributed by atoms with van der Waals surface area (Å²) in [6.07, 6.45) is -1.61. The molecule has 51 heavy (non-hydrogen) atoms. The number of carbonyl (C=O) groups is 5. The molecule has 4 saturated carbocycles. The minimum absolute atomic E-state index is 0.0372. The molecule has 1 N–H and O–H groups in total. The number of ether oxygens (including phenoxy) is 8. The maximum Gasteiger partial charge on any atom is 0.347 e. The molecule has 15 nitrogen and oxygen atoms in total. The van der Waals surface area contributed by atoms with E-state index in [9.17, 15) is 29.1 Å². The lowest BCUT2D eigenvalue weighted by atomic mass is 9.38. The Labute approximate surface area is 293 Å². The van der Waals surface area contributed by atoms with E-state index in [1.54, 1.807) is 26.8 Å². The van der Waals surface area contributed by atoms with E-state index >= 15 is 0 Å². The van der Waals surface area contributed by atoms with E-state index in [2.05, 4.69) is 0 Å². The molecule has 4 bridgehead atoms. The second-order valence-corrected chi connectivity index (χ2v) is 16.0. The summed E-state index contributed by atoms with van der Waals surface area (Å²) in [5.41, 5.74) is -8.55. The summed E-state index contributed by atoms with van der Waals surface area (Å²) in [7, 11) is 1.16. The number of hydrogen-bond donors (Lipinski definition) is 1. The number of fused-ring (bicyclic) bond motifs is 4. The molecule has 7 aliphatic rings. The molecular weight excluding hydrogens is 672 g/mol. The molecule has 1 unspecified atom stereocenters. The summed E-state index contributed by atoms with van der Waals surface area (Å²) < 4.78 is 55.4. The highest BCUT2D eigenvalue weighted by atomic mass is 16.9. The van der Waals surface area contributed by atoms with Crippen LogP contribution < -0.4 is 0 Å². The monoisotopic (exact) mass is 714 g/mol. The highest BCUT2D eigenvalue weighted by molar-refractivity contribution is 5.86. The molecule has 6 fully saturated rings. The summed E-state index contributed by atoms with van der Waals surface area (Å²) in [6.45, 7) is 10.6. The predicted octanol–water partition coefficient (Wildman–Crippen LogP) is 2.58. The lowest BCUT2D eigenvalue weighted by Crippen LogP contribution is -2.85. The molecular formula is C36H42O15. The van der Waals surface area contributed by atoms with Crippen LogP contribution in [0, 0.1) is 28.1 Å². The van der Waals surface area contributed by atoms with E-state index in [0.29, 0.717) is 11.1 Å². The summed E-state index contributed by atoms with van der Waals surface area (Å²) in [6, 6.07) is 1.65. The van der Waals surface area contributed by atoms with E-state index in [0.717, 1.165) is 14.0 Å². The first-order valence-electron chi connectivity index (χ1n) is 17.1. The number of furan rings is 1. The van der Waals surface area contributed by atoms with Crippen molar-refractivity contribution in [3.63, 3.8) is 0 Å². The predicted molar refractivity (Wildman–Crippen MR) is 165 cm³/mol.